The van der Waals surface area contributed by atoms with Crippen molar-refractivity contribution >= 4 is 23.3 Å². The number of nitrogens with zero attached hydrogens (tertiary/aromatic N) is 1. The third kappa shape index (κ3) is 4.47. The van der Waals surface area contributed by atoms with Gasteiger partial charge < -0.3 is 15.0 Å². The number of likely N-dealkylation sites (tertiary alicyclic amines) is 1. The summed E-state index contributed by atoms with van der Waals surface area (Å²) >= 11 is 5.87. The molecule has 1 aromatic rings. The Labute approximate surface area is 133 Å². The predicted octanol–water partition coefficient (Wildman–Crippen LogP) is 4.45. The van der Waals surface area contributed by atoms with E-state index in [4.69, 9.17) is 11.6 Å². The second kappa shape index (κ2) is 7.13. The summed E-state index contributed by atoms with van der Waals surface area (Å²) in [5.74, 6) is 0.801. The number of urea groups is 1. The van der Waals surface area contributed by atoms with Crippen LogP contribution < -0.4 is 10.1 Å². The van der Waals surface area contributed by atoms with Crippen molar-refractivity contribution in [2.45, 2.75) is 26.9 Å². The van der Waals surface area contributed by atoms with E-state index >= 15 is 0 Å². The molecule has 1 aliphatic heterocycles. The maximum Gasteiger partial charge on any atom is 0.387 e. The molecular formula is C15H19ClF2N2O2. The Bertz CT molecular complexity index is 532. The molecule has 0 saturated carbocycles. The van der Waals surface area contributed by atoms with Gasteiger partial charge in [0.15, 0.2) is 0 Å². The summed E-state index contributed by atoms with van der Waals surface area (Å²) in [6.45, 7) is 2.70. The summed E-state index contributed by atoms with van der Waals surface area (Å²) in [5, 5.41) is 2.76. The number of hydrogen-bond acceptors (Lipinski definition) is 2. The van der Waals surface area contributed by atoms with Crippen LogP contribution in [-0.4, -0.2) is 30.6 Å². The second-order valence-corrected chi connectivity index (χ2v) is 6.21. The normalized spacial score (nSPS) is 21.8. The molecule has 1 fully saturated rings. The van der Waals surface area contributed by atoms with Gasteiger partial charge in [0.05, 0.1) is 5.02 Å². The first-order chi connectivity index (χ1) is 10.3. The molecular weight excluding hydrogens is 314 g/mol. The van der Waals surface area contributed by atoms with Crippen LogP contribution in [0.4, 0.5) is 19.3 Å². The summed E-state index contributed by atoms with van der Waals surface area (Å²) in [7, 11) is 0. The largest absolute Gasteiger partial charge is 0.433 e. The zero-order chi connectivity index (χ0) is 16.3. The standard InChI is InChI=1S/C15H19ClF2N2O2/c1-9-5-10(2)8-20(7-9)15(21)19-11-3-4-13(12(16)6-11)22-14(17)18/h3-4,6,9-10,14H,5,7-8H2,1-2H3,(H,19,21)/t9-,10+. The Balaban J connectivity index is 2.01. The summed E-state index contributed by atoms with van der Waals surface area (Å²) < 4.78 is 28.6. The predicted molar refractivity (Wildman–Crippen MR) is 81.6 cm³/mol. The molecule has 1 N–H and O–H groups in total. The summed E-state index contributed by atoms with van der Waals surface area (Å²) in [6, 6.07) is 3.98. The van der Waals surface area contributed by atoms with Gasteiger partial charge in [0, 0.05) is 18.8 Å². The lowest BCUT2D eigenvalue weighted by Crippen LogP contribution is -2.44. The minimum absolute atomic E-state index is 0.0264. The van der Waals surface area contributed by atoms with Crippen LogP contribution in [0.3, 0.4) is 0 Å². The first-order valence-electron chi connectivity index (χ1n) is 7.15. The molecule has 0 radical (unpaired) electrons. The fourth-order valence-electron chi connectivity index (χ4n) is 2.80. The van der Waals surface area contributed by atoms with Crippen molar-refractivity contribution in [3.8, 4) is 5.75 Å². The van der Waals surface area contributed by atoms with Crippen LogP contribution >= 0.6 is 11.6 Å². The lowest BCUT2D eigenvalue weighted by atomic mass is 9.92. The van der Waals surface area contributed by atoms with Gasteiger partial charge in [-0.1, -0.05) is 25.4 Å². The fourth-order valence-corrected chi connectivity index (χ4v) is 3.03. The molecule has 1 saturated heterocycles. The number of amides is 2. The molecule has 0 aliphatic carbocycles. The molecule has 122 valence electrons. The average molecular weight is 333 g/mol. The topological polar surface area (TPSA) is 41.6 Å². The number of piperidine rings is 1. The van der Waals surface area contributed by atoms with Crippen molar-refractivity contribution in [3.05, 3.63) is 23.2 Å². The van der Waals surface area contributed by atoms with Crippen LogP contribution in [0.5, 0.6) is 5.75 Å². The van der Waals surface area contributed by atoms with E-state index in [-0.39, 0.29) is 16.8 Å². The van der Waals surface area contributed by atoms with Gasteiger partial charge in [0.25, 0.3) is 0 Å². The molecule has 1 aromatic carbocycles. The molecule has 4 nitrogen and oxygen atoms in total. The van der Waals surface area contributed by atoms with E-state index in [1.165, 1.54) is 18.2 Å². The van der Waals surface area contributed by atoms with Crippen molar-refractivity contribution in [1.29, 1.82) is 0 Å². The molecule has 0 bridgehead atoms. The van der Waals surface area contributed by atoms with E-state index < -0.39 is 6.61 Å². The Morgan fingerprint density at radius 1 is 1.36 bits per heavy atom. The average Bonchev–Trinajstić information content (AvgIpc) is 2.40. The lowest BCUT2D eigenvalue weighted by molar-refractivity contribution is -0.0497. The van der Waals surface area contributed by atoms with Crippen LogP contribution in [-0.2, 0) is 0 Å². The third-order valence-electron chi connectivity index (χ3n) is 3.56. The molecule has 1 aliphatic rings. The second-order valence-electron chi connectivity index (χ2n) is 5.80. The van der Waals surface area contributed by atoms with Crippen LogP contribution in [0.25, 0.3) is 0 Å². The number of ether oxygens (including phenoxy) is 1. The Hall–Kier alpha value is -1.56. The number of carbonyl (C=O) groups excluding carboxylic acids is 1. The van der Waals surface area contributed by atoms with Gasteiger partial charge >= 0.3 is 12.6 Å². The highest BCUT2D eigenvalue weighted by Gasteiger charge is 2.25. The molecule has 0 aromatic heterocycles. The molecule has 2 atom stereocenters. The SMILES string of the molecule is C[C@@H]1C[C@H](C)CN(C(=O)Nc2ccc(OC(F)F)c(Cl)c2)C1. The van der Waals surface area contributed by atoms with Gasteiger partial charge in [-0.15, -0.1) is 0 Å². The maximum atomic E-state index is 12.3. The highest BCUT2D eigenvalue weighted by molar-refractivity contribution is 6.32. The van der Waals surface area contributed by atoms with Gasteiger partial charge in [0.1, 0.15) is 5.75 Å². The highest BCUT2D eigenvalue weighted by Crippen LogP contribution is 2.29. The van der Waals surface area contributed by atoms with E-state index in [9.17, 15) is 13.6 Å². The number of benzene rings is 1. The van der Waals surface area contributed by atoms with Gasteiger partial charge in [-0.25, -0.2) is 4.79 Å². The van der Waals surface area contributed by atoms with Gasteiger partial charge in [-0.3, -0.25) is 0 Å². The van der Waals surface area contributed by atoms with Crippen LogP contribution in [0, 0.1) is 11.8 Å². The monoisotopic (exact) mass is 332 g/mol. The zero-order valence-electron chi connectivity index (χ0n) is 12.5. The van der Waals surface area contributed by atoms with E-state index in [2.05, 4.69) is 23.9 Å². The van der Waals surface area contributed by atoms with Gasteiger partial charge in [0.2, 0.25) is 0 Å². The molecule has 22 heavy (non-hydrogen) atoms. The Morgan fingerprint density at radius 2 is 2.00 bits per heavy atom. The van der Waals surface area contributed by atoms with Crippen molar-refractivity contribution in [1.82, 2.24) is 4.90 Å². The quantitative estimate of drug-likeness (QED) is 0.888. The summed E-state index contributed by atoms with van der Waals surface area (Å²) in [5.41, 5.74) is 0.447. The molecule has 2 amide bonds. The van der Waals surface area contributed by atoms with E-state index in [1.54, 1.807) is 4.90 Å². The number of halogens is 3. The fraction of sp³-hybridized carbons (Fsp3) is 0.533. The van der Waals surface area contributed by atoms with E-state index in [0.29, 0.717) is 30.6 Å². The maximum absolute atomic E-state index is 12.3. The number of rotatable bonds is 3. The number of alkyl halides is 2. The van der Waals surface area contributed by atoms with Crippen LogP contribution in [0.15, 0.2) is 18.2 Å². The zero-order valence-corrected chi connectivity index (χ0v) is 13.2. The van der Waals surface area contributed by atoms with Crippen molar-refractivity contribution in [2.24, 2.45) is 11.8 Å². The molecule has 1 heterocycles. The highest BCUT2D eigenvalue weighted by atomic mass is 35.5. The number of anilines is 1. The smallest absolute Gasteiger partial charge is 0.387 e. The molecule has 7 heteroatoms. The first kappa shape index (κ1) is 16.8. The summed E-state index contributed by atoms with van der Waals surface area (Å²) in [4.78, 5) is 14.0. The Kier molecular flexibility index (Phi) is 5.45. The van der Waals surface area contributed by atoms with E-state index in [1.807, 2.05) is 0 Å². The van der Waals surface area contributed by atoms with Gasteiger partial charge in [-0.05, 0) is 36.5 Å². The molecule has 2 rings (SSSR count). The van der Waals surface area contributed by atoms with Gasteiger partial charge in [-0.2, -0.15) is 8.78 Å². The van der Waals surface area contributed by atoms with Crippen LogP contribution in [0.2, 0.25) is 5.02 Å². The molecule has 0 spiro atoms. The number of hydrogen-bond donors (Lipinski definition) is 1. The number of carbonyl (C=O) groups is 1. The minimum Gasteiger partial charge on any atom is -0.433 e. The Morgan fingerprint density at radius 3 is 2.55 bits per heavy atom. The van der Waals surface area contributed by atoms with Crippen molar-refractivity contribution in [2.75, 3.05) is 18.4 Å². The van der Waals surface area contributed by atoms with Crippen molar-refractivity contribution in [3.63, 3.8) is 0 Å². The number of nitrogens with one attached hydrogen (secondary N) is 1. The third-order valence-corrected chi connectivity index (χ3v) is 3.85. The lowest BCUT2D eigenvalue weighted by Gasteiger charge is -2.34. The van der Waals surface area contributed by atoms with Crippen LogP contribution in [0.1, 0.15) is 20.3 Å². The minimum atomic E-state index is -2.94. The summed E-state index contributed by atoms with van der Waals surface area (Å²) in [6.07, 6.45) is 1.11. The molecule has 0 unspecified atom stereocenters. The first-order valence-corrected chi connectivity index (χ1v) is 7.53. The van der Waals surface area contributed by atoms with Crippen molar-refractivity contribution < 1.29 is 18.3 Å². The van der Waals surface area contributed by atoms with E-state index in [0.717, 1.165) is 6.42 Å².